The second kappa shape index (κ2) is 13.5. The first-order valence-electron chi connectivity index (χ1n) is 9.85. The van der Waals surface area contributed by atoms with Crippen molar-refractivity contribution < 1.29 is 25.2 Å². The number of carbonyl (C=O) groups is 1. The Bertz CT molecular complexity index is 535. The molecule has 5 nitrogen and oxygen atoms in total. The van der Waals surface area contributed by atoms with Crippen LogP contribution in [0.4, 0.5) is 0 Å². The van der Waals surface area contributed by atoms with Crippen LogP contribution < -0.4 is 0 Å². The Morgan fingerprint density at radius 1 is 1.04 bits per heavy atom. The van der Waals surface area contributed by atoms with Gasteiger partial charge in [-0.1, -0.05) is 55.5 Å². The van der Waals surface area contributed by atoms with Crippen LogP contribution in [0.3, 0.4) is 0 Å². The molecule has 1 saturated carbocycles. The van der Waals surface area contributed by atoms with Crippen LogP contribution >= 0.6 is 0 Å². The molecule has 27 heavy (non-hydrogen) atoms. The molecule has 1 fully saturated rings. The van der Waals surface area contributed by atoms with E-state index in [0.717, 1.165) is 19.3 Å². The lowest BCUT2D eigenvalue weighted by Crippen LogP contribution is -2.20. The molecular formula is C22H34O5. The van der Waals surface area contributed by atoms with Crippen molar-refractivity contribution in [3.63, 3.8) is 0 Å². The standard InChI is InChI=1S/C22H34O5/c1-2-3-4-5-6-7-8-9-10-11-18-19(21(25)16-20(18)24)14-12-17(23)13-15-22(26)27/h3-4,6-7,9-10,12,14,17-21,23-25H,2,5,8,11,13,15-16H2,1H3,(H,26,27)/b4-3-,7-6-,10-9-,14-12+/t17-,18+,19+,20+,21-/m0/s1. The highest BCUT2D eigenvalue weighted by Crippen LogP contribution is 2.36. The van der Waals surface area contributed by atoms with Gasteiger partial charge in [-0.2, -0.15) is 0 Å². The van der Waals surface area contributed by atoms with E-state index >= 15 is 0 Å². The molecule has 0 aromatic carbocycles. The minimum atomic E-state index is -0.947. The van der Waals surface area contributed by atoms with Crippen LogP contribution in [-0.2, 0) is 4.79 Å². The van der Waals surface area contributed by atoms with E-state index in [1.54, 1.807) is 6.08 Å². The fourth-order valence-corrected chi connectivity index (χ4v) is 3.29. The first-order chi connectivity index (χ1) is 13.0. The molecule has 1 aliphatic rings. The molecule has 0 unspecified atom stereocenters. The summed E-state index contributed by atoms with van der Waals surface area (Å²) in [6.45, 7) is 2.11. The number of aliphatic carboxylic acids is 1. The minimum Gasteiger partial charge on any atom is -0.481 e. The SMILES string of the molecule is CC/C=C\C/C=C\C/C=C\C[C@@H]1[C@@H](/C=C/[C@H](O)CCC(=O)O)[C@@H](O)C[C@H]1O. The van der Waals surface area contributed by atoms with Gasteiger partial charge in [-0.15, -0.1) is 0 Å². The highest BCUT2D eigenvalue weighted by atomic mass is 16.4. The largest absolute Gasteiger partial charge is 0.481 e. The molecule has 0 amide bonds. The fraction of sp³-hybridized carbons (Fsp3) is 0.591. The second-order valence-electron chi connectivity index (χ2n) is 7.03. The number of aliphatic hydroxyl groups is 3. The average Bonchev–Trinajstić information content (AvgIpc) is 2.89. The molecular weight excluding hydrogens is 344 g/mol. The first kappa shape index (κ1) is 23.3. The van der Waals surface area contributed by atoms with Gasteiger partial charge < -0.3 is 20.4 Å². The van der Waals surface area contributed by atoms with Crippen LogP contribution in [0.2, 0.25) is 0 Å². The van der Waals surface area contributed by atoms with Gasteiger partial charge in [0, 0.05) is 18.8 Å². The monoisotopic (exact) mass is 378 g/mol. The third-order valence-electron chi connectivity index (χ3n) is 4.81. The molecule has 0 bridgehead atoms. The second-order valence-corrected chi connectivity index (χ2v) is 7.03. The summed E-state index contributed by atoms with van der Waals surface area (Å²) in [5.74, 6) is -1.29. The predicted octanol–water partition coefficient (Wildman–Crippen LogP) is 3.38. The van der Waals surface area contributed by atoms with Gasteiger partial charge in [0.25, 0.3) is 0 Å². The molecule has 5 heteroatoms. The van der Waals surface area contributed by atoms with Crippen molar-refractivity contribution in [1.29, 1.82) is 0 Å². The third kappa shape index (κ3) is 9.70. The summed E-state index contributed by atoms with van der Waals surface area (Å²) in [6.07, 6.45) is 17.6. The normalized spacial score (nSPS) is 27.6. The Balaban J connectivity index is 2.47. The maximum absolute atomic E-state index is 10.5. The van der Waals surface area contributed by atoms with Crippen molar-refractivity contribution in [2.24, 2.45) is 11.8 Å². The number of aliphatic hydroxyl groups excluding tert-OH is 3. The highest BCUT2D eigenvalue weighted by Gasteiger charge is 2.39. The molecule has 0 aromatic rings. The Kier molecular flexibility index (Phi) is 11.7. The highest BCUT2D eigenvalue weighted by molar-refractivity contribution is 5.66. The van der Waals surface area contributed by atoms with E-state index in [4.69, 9.17) is 5.11 Å². The molecule has 0 aromatic heterocycles. The molecule has 5 atom stereocenters. The molecule has 0 saturated heterocycles. The van der Waals surface area contributed by atoms with E-state index in [9.17, 15) is 20.1 Å². The average molecular weight is 379 g/mol. The number of carboxylic acid groups (broad SMARTS) is 1. The summed E-state index contributed by atoms with van der Waals surface area (Å²) < 4.78 is 0. The lowest BCUT2D eigenvalue weighted by Gasteiger charge is -2.19. The van der Waals surface area contributed by atoms with E-state index in [1.165, 1.54) is 6.08 Å². The molecule has 1 rings (SSSR count). The summed E-state index contributed by atoms with van der Waals surface area (Å²) in [6, 6.07) is 0. The molecule has 152 valence electrons. The Morgan fingerprint density at radius 3 is 2.30 bits per heavy atom. The van der Waals surface area contributed by atoms with Crippen LogP contribution in [0.5, 0.6) is 0 Å². The van der Waals surface area contributed by atoms with Gasteiger partial charge in [-0.05, 0) is 38.0 Å². The van der Waals surface area contributed by atoms with Gasteiger partial charge in [-0.25, -0.2) is 0 Å². The van der Waals surface area contributed by atoms with E-state index in [-0.39, 0.29) is 24.7 Å². The molecule has 0 radical (unpaired) electrons. The number of rotatable bonds is 12. The van der Waals surface area contributed by atoms with E-state index in [2.05, 4.69) is 37.3 Å². The Morgan fingerprint density at radius 2 is 1.67 bits per heavy atom. The van der Waals surface area contributed by atoms with E-state index < -0.39 is 24.3 Å². The summed E-state index contributed by atoms with van der Waals surface area (Å²) in [5.41, 5.74) is 0. The fourth-order valence-electron chi connectivity index (χ4n) is 3.29. The Hall–Kier alpha value is -1.69. The van der Waals surface area contributed by atoms with Gasteiger partial charge in [-0.3, -0.25) is 4.79 Å². The summed E-state index contributed by atoms with van der Waals surface area (Å²) >= 11 is 0. The van der Waals surface area contributed by atoms with Crippen molar-refractivity contribution in [2.75, 3.05) is 0 Å². The van der Waals surface area contributed by atoms with E-state index in [0.29, 0.717) is 12.8 Å². The van der Waals surface area contributed by atoms with Crippen molar-refractivity contribution in [3.05, 3.63) is 48.6 Å². The van der Waals surface area contributed by atoms with Crippen molar-refractivity contribution >= 4 is 5.97 Å². The van der Waals surface area contributed by atoms with Gasteiger partial charge in [0.05, 0.1) is 18.3 Å². The lowest BCUT2D eigenvalue weighted by molar-refractivity contribution is -0.137. The number of carboxylic acids is 1. The molecule has 4 N–H and O–H groups in total. The summed E-state index contributed by atoms with van der Waals surface area (Å²) in [5, 5.41) is 38.9. The van der Waals surface area contributed by atoms with Crippen molar-refractivity contribution in [2.45, 2.75) is 70.2 Å². The zero-order chi connectivity index (χ0) is 20.1. The predicted molar refractivity (Wildman–Crippen MR) is 107 cm³/mol. The molecule has 1 aliphatic carbocycles. The van der Waals surface area contributed by atoms with Gasteiger partial charge in [0.1, 0.15) is 0 Å². The van der Waals surface area contributed by atoms with Gasteiger partial charge >= 0.3 is 5.97 Å². The van der Waals surface area contributed by atoms with Crippen LogP contribution in [0.25, 0.3) is 0 Å². The quantitative estimate of drug-likeness (QED) is 0.390. The number of hydrogen-bond donors (Lipinski definition) is 4. The lowest BCUT2D eigenvalue weighted by atomic mass is 9.89. The van der Waals surface area contributed by atoms with Crippen LogP contribution in [0.1, 0.15) is 51.9 Å². The summed E-state index contributed by atoms with van der Waals surface area (Å²) in [4.78, 5) is 10.5. The smallest absolute Gasteiger partial charge is 0.303 e. The van der Waals surface area contributed by atoms with Gasteiger partial charge in [0.2, 0.25) is 0 Å². The minimum absolute atomic E-state index is 0.101. The maximum atomic E-state index is 10.5. The summed E-state index contributed by atoms with van der Waals surface area (Å²) in [7, 11) is 0. The number of hydrogen-bond acceptors (Lipinski definition) is 4. The number of allylic oxidation sites excluding steroid dienone is 6. The maximum Gasteiger partial charge on any atom is 0.303 e. The molecule has 0 heterocycles. The van der Waals surface area contributed by atoms with Crippen LogP contribution in [0, 0.1) is 11.8 Å². The van der Waals surface area contributed by atoms with Crippen molar-refractivity contribution in [1.82, 2.24) is 0 Å². The van der Waals surface area contributed by atoms with Crippen molar-refractivity contribution in [3.8, 4) is 0 Å². The first-order valence-corrected chi connectivity index (χ1v) is 9.85. The zero-order valence-corrected chi connectivity index (χ0v) is 16.2. The third-order valence-corrected chi connectivity index (χ3v) is 4.81. The van der Waals surface area contributed by atoms with E-state index in [1.807, 2.05) is 6.08 Å². The van der Waals surface area contributed by atoms with Crippen LogP contribution in [0.15, 0.2) is 48.6 Å². The Labute approximate surface area is 162 Å². The molecule has 0 aliphatic heterocycles. The molecule has 0 spiro atoms. The van der Waals surface area contributed by atoms with Gasteiger partial charge in [0.15, 0.2) is 0 Å². The zero-order valence-electron chi connectivity index (χ0n) is 16.2. The topological polar surface area (TPSA) is 98.0 Å². The van der Waals surface area contributed by atoms with Crippen LogP contribution in [-0.4, -0.2) is 44.7 Å².